The zero-order valence-electron chi connectivity index (χ0n) is 11.5. The molecule has 2 rings (SSSR count). The molecule has 0 radical (unpaired) electrons. The summed E-state index contributed by atoms with van der Waals surface area (Å²) in [5.41, 5.74) is 6.22. The number of nitrogen functional groups attached to an aromatic ring is 1. The second-order valence-corrected chi connectivity index (χ2v) is 4.67. The van der Waals surface area contributed by atoms with Crippen molar-refractivity contribution in [2.45, 2.75) is 18.9 Å². The second-order valence-electron chi connectivity index (χ2n) is 4.67. The molecule has 1 aromatic carbocycles. The summed E-state index contributed by atoms with van der Waals surface area (Å²) in [5.74, 6) is -1.42. The summed E-state index contributed by atoms with van der Waals surface area (Å²) >= 11 is 0. The summed E-state index contributed by atoms with van der Waals surface area (Å²) in [4.78, 5) is 47.9. The number of hydrogen-bond acceptors (Lipinski definition) is 5. The van der Waals surface area contributed by atoms with Crippen LogP contribution in [-0.4, -0.2) is 42.0 Å². The van der Waals surface area contributed by atoms with Crippen LogP contribution in [0.3, 0.4) is 0 Å². The van der Waals surface area contributed by atoms with E-state index in [-0.39, 0.29) is 35.6 Å². The van der Waals surface area contributed by atoms with Crippen molar-refractivity contribution in [3.05, 3.63) is 29.3 Å². The number of carbonyl (C=O) groups excluding carboxylic acids is 4. The molecule has 0 saturated carbocycles. The summed E-state index contributed by atoms with van der Waals surface area (Å²) in [6.45, 7) is 0. The lowest BCUT2D eigenvalue weighted by Gasteiger charge is -2.20. The number of nitrogens with two attached hydrogens (primary N) is 1. The first kappa shape index (κ1) is 14.7. The minimum absolute atomic E-state index is 0.0444. The van der Waals surface area contributed by atoms with E-state index in [1.807, 2.05) is 0 Å². The van der Waals surface area contributed by atoms with Gasteiger partial charge in [-0.3, -0.25) is 19.3 Å². The molecule has 1 aliphatic rings. The first-order chi connectivity index (χ1) is 10.0. The number of carbonyl (C=O) groups is 4. The lowest BCUT2D eigenvalue weighted by atomic mass is 10.1. The van der Waals surface area contributed by atoms with E-state index in [1.54, 1.807) is 6.07 Å². The van der Waals surface area contributed by atoms with E-state index < -0.39 is 17.9 Å². The van der Waals surface area contributed by atoms with E-state index in [0.29, 0.717) is 6.29 Å². The van der Waals surface area contributed by atoms with Crippen LogP contribution < -0.4 is 11.1 Å². The van der Waals surface area contributed by atoms with Crippen LogP contribution in [-0.2, 0) is 9.59 Å². The Balaban J connectivity index is 2.27. The molecule has 0 saturated heterocycles. The Bertz CT molecular complexity index is 627. The highest BCUT2D eigenvalue weighted by atomic mass is 16.2. The molecular formula is C14H15N3O4. The first-order valence-electron chi connectivity index (χ1n) is 6.43. The zero-order chi connectivity index (χ0) is 15.6. The van der Waals surface area contributed by atoms with Crippen LogP contribution in [0.15, 0.2) is 18.2 Å². The summed E-state index contributed by atoms with van der Waals surface area (Å²) in [6, 6.07) is 3.61. The zero-order valence-corrected chi connectivity index (χ0v) is 11.5. The monoisotopic (exact) mass is 289 g/mol. The Morgan fingerprint density at radius 1 is 1.38 bits per heavy atom. The summed E-state index contributed by atoms with van der Waals surface area (Å²) in [5, 5.41) is 2.42. The number of rotatable bonds is 5. The Hall–Kier alpha value is -2.70. The van der Waals surface area contributed by atoms with Crippen LogP contribution in [0.4, 0.5) is 5.69 Å². The van der Waals surface area contributed by atoms with Crippen molar-refractivity contribution in [2.24, 2.45) is 0 Å². The van der Waals surface area contributed by atoms with Gasteiger partial charge in [0.1, 0.15) is 6.29 Å². The van der Waals surface area contributed by atoms with E-state index in [1.165, 1.54) is 19.2 Å². The van der Waals surface area contributed by atoms with Gasteiger partial charge in [-0.15, -0.1) is 0 Å². The molecule has 1 aliphatic heterocycles. The molecule has 3 N–H and O–H groups in total. The lowest BCUT2D eigenvalue weighted by Crippen LogP contribution is -2.41. The number of nitrogens with zero attached hydrogens (tertiary/aromatic N) is 1. The molecule has 1 heterocycles. The van der Waals surface area contributed by atoms with Crippen molar-refractivity contribution in [1.82, 2.24) is 10.2 Å². The number of fused-ring (bicyclic) bond motifs is 1. The molecule has 110 valence electrons. The minimum atomic E-state index is -0.978. The molecule has 21 heavy (non-hydrogen) atoms. The molecule has 1 aromatic rings. The SMILES string of the molecule is CNC(=O)CCC(C=O)N1C(=O)c2cccc(N)c2C1=O. The van der Waals surface area contributed by atoms with Crippen LogP contribution in [0.5, 0.6) is 0 Å². The van der Waals surface area contributed by atoms with Crippen molar-refractivity contribution in [2.75, 3.05) is 12.8 Å². The van der Waals surface area contributed by atoms with Crippen LogP contribution in [0.2, 0.25) is 0 Å². The number of aldehydes is 1. The number of imide groups is 1. The van der Waals surface area contributed by atoms with E-state index in [2.05, 4.69) is 5.32 Å². The Morgan fingerprint density at radius 3 is 2.67 bits per heavy atom. The third kappa shape index (κ3) is 2.49. The van der Waals surface area contributed by atoms with Gasteiger partial charge in [0, 0.05) is 19.2 Å². The predicted molar refractivity (Wildman–Crippen MR) is 74.5 cm³/mol. The van der Waals surface area contributed by atoms with Crippen LogP contribution in [0.1, 0.15) is 33.6 Å². The topological polar surface area (TPSA) is 110 Å². The third-order valence-corrected chi connectivity index (χ3v) is 3.41. The van der Waals surface area contributed by atoms with E-state index in [9.17, 15) is 19.2 Å². The van der Waals surface area contributed by atoms with Gasteiger partial charge in [-0.25, -0.2) is 0 Å². The van der Waals surface area contributed by atoms with Crippen molar-refractivity contribution in [1.29, 1.82) is 0 Å². The smallest absolute Gasteiger partial charge is 0.264 e. The predicted octanol–water partition coefficient (Wildman–Crippen LogP) is -0.0415. The van der Waals surface area contributed by atoms with Crippen molar-refractivity contribution < 1.29 is 19.2 Å². The van der Waals surface area contributed by atoms with Gasteiger partial charge >= 0.3 is 0 Å². The van der Waals surface area contributed by atoms with Crippen molar-refractivity contribution in [3.63, 3.8) is 0 Å². The summed E-state index contributed by atoms with van der Waals surface area (Å²) in [7, 11) is 1.47. The maximum absolute atomic E-state index is 12.3. The standard InChI is InChI=1S/C14H15N3O4/c1-16-11(19)6-5-8(7-18)17-13(20)9-3-2-4-10(15)12(9)14(17)21/h2-4,7-8H,5-6,15H2,1H3,(H,16,19). The molecule has 7 heteroatoms. The van der Waals surface area contributed by atoms with E-state index >= 15 is 0 Å². The summed E-state index contributed by atoms with van der Waals surface area (Å²) in [6.07, 6.45) is 0.623. The average molecular weight is 289 g/mol. The van der Waals surface area contributed by atoms with E-state index in [4.69, 9.17) is 5.73 Å². The molecule has 0 aromatic heterocycles. The third-order valence-electron chi connectivity index (χ3n) is 3.41. The van der Waals surface area contributed by atoms with Gasteiger partial charge in [0.25, 0.3) is 11.8 Å². The normalized spacial score (nSPS) is 14.8. The van der Waals surface area contributed by atoms with Gasteiger partial charge in [-0.05, 0) is 18.6 Å². The molecule has 7 nitrogen and oxygen atoms in total. The van der Waals surface area contributed by atoms with Gasteiger partial charge in [0.2, 0.25) is 5.91 Å². The van der Waals surface area contributed by atoms with Crippen LogP contribution >= 0.6 is 0 Å². The molecule has 0 aliphatic carbocycles. The molecule has 1 unspecified atom stereocenters. The molecule has 3 amide bonds. The fourth-order valence-corrected chi connectivity index (χ4v) is 2.29. The molecule has 0 bridgehead atoms. The molecule has 0 spiro atoms. The maximum atomic E-state index is 12.3. The number of nitrogens with one attached hydrogen (secondary N) is 1. The largest absolute Gasteiger partial charge is 0.398 e. The fourth-order valence-electron chi connectivity index (χ4n) is 2.29. The number of anilines is 1. The molecular weight excluding hydrogens is 274 g/mol. The fraction of sp³-hybridized carbons (Fsp3) is 0.286. The quantitative estimate of drug-likeness (QED) is 0.449. The van der Waals surface area contributed by atoms with Crippen molar-refractivity contribution in [3.8, 4) is 0 Å². The van der Waals surface area contributed by atoms with Gasteiger partial charge in [0.05, 0.1) is 17.2 Å². The van der Waals surface area contributed by atoms with Gasteiger partial charge in [-0.1, -0.05) is 6.07 Å². The Morgan fingerprint density at radius 2 is 2.10 bits per heavy atom. The molecule has 1 atom stereocenters. The highest BCUT2D eigenvalue weighted by Gasteiger charge is 2.41. The highest BCUT2D eigenvalue weighted by Crippen LogP contribution is 2.29. The van der Waals surface area contributed by atoms with Gasteiger partial charge < -0.3 is 15.8 Å². The van der Waals surface area contributed by atoms with Gasteiger partial charge in [-0.2, -0.15) is 0 Å². The maximum Gasteiger partial charge on any atom is 0.264 e. The second kappa shape index (κ2) is 5.74. The number of amides is 3. The van der Waals surface area contributed by atoms with Crippen molar-refractivity contribution >= 4 is 29.7 Å². The van der Waals surface area contributed by atoms with Gasteiger partial charge in [0.15, 0.2) is 0 Å². The molecule has 0 fully saturated rings. The Labute approximate surface area is 121 Å². The summed E-state index contributed by atoms with van der Waals surface area (Å²) < 4.78 is 0. The average Bonchev–Trinajstić information content (AvgIpc) is 2.73. The first-order valence-corrected chi connectivity index (χ1v) is 6.43. The lowest BCUT2D eigenvalue weighted by molar-refractivity contribution is -0.121. The number of benzene rings is 1. The van der Waals surface area contributed by atoms with E-state index in [0.717, 1.165) is 4.90 Å². The minimum Gasteiger partial charge on any atom is -0.398 e. The van der Waals surface area contributed by atoms with Crippen LogP contribution in [0.25, 0.3) is 0 Å². The highest BCUT2D eigenvalue weighted by molar-refractivity contribution is 6.24. The van der Waals surface area contributed by atoms with Crippen LogP contribution in [0, 0.1) is 0 Å². The Kier molecular flexibility index (Phi) is 4.02. The number of hydrogen-bond donors (Lipinski definition) is 2.